The summed E-state index contributed by atoms with van der Waals surface area (Å²) in [5.41, 5.74) is -2.48. The zero-order valence-electron chi connectivity index (χ0n) is 13.2. The fraction of sp³-hybridized carbons (Fsp3) is 0.600. The lowest BCUT2D eigenvalue weighted by molar-refractivity contribution is -0.143. The minimum Gasteiger partial charge on any atom is -0.420 e. The van der Waals surface area contributed by atoms with Gasteiger partial charge in [0.15, 0.2) is 8.32 Å². The smallest absolute Gasteiger partial charge is 0.416 e. The van der Waals surface area contributed by atoms with Gasteiger partial charge in [0.2, 0.25) is 0 Å². The van der Waals surface area contributed by atoms with Gasteiger partial charge in [0, 0.05) is 7.11 Å². The summed E-state index contributed by atoms with van der Waals surface area (Å²) < 4.78 is 82.5. The van der Waals surface area contributed by atoms with Crippen LogP contribution in [0.4, 0.5) is 26.3 Å². The van der Waals surface area contributed by atoms with E-state index in [0.29, 0.717) is 6.04 Å². The number of alkyl halides is 6. The number of rotatable bonds is 6. The van der Waals surface area contributed by atoms with E-state index in [1.807, 2.05) is 13.8 Å². The van der Waals surface area contributed by atoms with Crippen molar-refractivity contribution in [3.8, 4) is 0 Å². The van der Waals surface area contributed by atoms with E-state index in [9.17, 15) is 26.3 Å². The van der Waals surface area contributed by atoms with Crippen molar-refractivity contribution in [3.05, 3.63) is 34.9 Å². The van der Waals surface area contributed by atoms with Crippen LogP contribution in [0.25, 0.3) is 0 Å². The molecule has 0 aliphatic rings. The molecule has 23 heavy (non-hydrogen) atoms. The van der Waals surface area contributed by atoms with Gasteiger partial charge in [-0.15, -0.1) is 0 Å². The monoisotopic (exact) mass is 358 g/mol. The Bertz CT molecular complexity index is 479. The summed E-state index contributed by atoms with van der Waals surface area (Å²) in [6.45, 7) is 3.87. The predicted molar refractivity (Wildman–Crippen MR) is 78.7 cm³/mol. The van der Waals surface area contributed by atoms with Gasteiger partial charge in [-0.25, -0.2) is 0 Å². The summed E-state index contributed by atoms with van der Waals surface area (Å²) in [5.74, 6) is 0. The average Bonchev–Trinajstić information content (AvgIpc) is 2.47. The first-order chi connectivity index (χ1) is 10.5. The second-order valence-corrected chi connectivity index (χ2v) is 10.2. The number of aryl methyl sites for hydroxylation is 1. The molecule has 1 aromatic rings. The molecule has 0 spiro atoms. The Morgan fingerprint density at radius 1 is 0.870 bits per heavy atom. The Morgan fingerprint density at radius 3 is 1.61 bits per heavy atom. The van der Waals surface area contributed by atoms with Gasteiger partial charge in [-0.2, -0.15) is 26.3 Å². The van der Waals surface area contributed by atoms with E-state index < -0.39 is 31.8 Å². The van der Waals surface area contributed by atoms with Crippen LogP contribution >= 0.6 is 0 Å². The van der Waals surface area contributed by atoms with Crippen LogP contribution in [-0.4, -0.2) is 15.4 Å². The van der Waals surface area contributed by atoms with E-state index in [1.165, 1.54) is 0 Å². The molecule has 0 unspecified atom stereocenters. The minimum atomic E-state index is -4.80. The summed E-state index contributed by atoms with van der Waals surface area (Å²) >= 11 is 0. The highest BCUT2D eigenvalue weighted by molar-refractivity contribution is 6.73. The van der Waals surface area contributed by atoms with Gasteiger partial charge in [-0.1, -0.05) is 13.8 Å². The SMILES string of the molecule is CC[Si](CC)(CCc1cc(C(F)(F)F)cc(C(F)(F)F)c1)OC. The lowest BCUT2D eigenvalue weighted by Gasteiger charge is -2.27. The highest BCUT2D eigenvalue weighted by Crippen LogP contribution is 2.37. The number of halogens is 6. The Balaban J connectivity index is 3.16. The molecule has 0 bridgehead atoms. The van der Waals surface area contributed by atoms with Crippen molar-refractivity contribution in [3.63, 3.8) is 0 Å². The number of hydrogen-bond acceptors (Lipinski definition) is 1. The topological polar surface area (TPSA) is 9.23 Å². The molecule has 1 rings (SSSR count). The quantitative estimate of drug-likeness (QED) is 0.454. The first-order valence-corrected chi connectivity index (χ1v) is 9.84. The van der Waals surface area contributed by atoms with Gasteiger partial charge in [0.05, 0.1) is 11.1 Å². The third-order valence-electron chi connectivity index (χ3n) is 4.24. The standard InChI is InChI=1S/C15H20F6OSi/c1-4-23(5-2,22-3)7-6-11-8-12(14(16,17)18)10-13(9-11)15(19,20)21/h8-10H,4-7H2,1-3H3. The van der Waals surface area contributed by atoms with Crippen LogP contribution in [-0.2, 0) is 23.2 Å². The van der Waals surface area contributed by atoms with Gasteiger partial charge in [-0.05, 0) is 48.3 Å². The largest absolute Gasteiger partial charge is 0.420 e. The van der Waals surface area contributed by atoms with Gasteiger partial charge >= 0.3 is 12.4 Å². The molecular weight excluding hydrogens is 338 g/mol. The molecule has 1 nitrogen and oxygen atoms in total. The molecule has 0 aliphatic carbocycles. The molecule has 0 aromatic heterocycles. The van der Waals surface area contributed by atoms with E-state index >= 15 is 0 Å². The molecule has 0 heterocycles. The zero-order chi connectivity index (χ0) is 17.9. The maximum absolute atomic E-state index is 12.8. The van der Waals surface area contributed by atoms with Crippen LogP contribution in [0.15, 0.2) is 18.2 Å². The molecule has 1 aromatic carbocycles. The molecule has 0 amide bonds. The summed E-state index contributed by atoms with van der Waals surface area (Å²) in [6.07, 6.45) is -9.46. The predicted octanol–water partition coefficient (Wildman–Crippen LogP) is 5.90. The number of hydrogen-bond donors (Lipinski definition) is 0. The molecule has 0 atom stereocenters. The van der Waals surface area contributed by atoms with Gasteiger partial charge in [-0.3, -0.25) is 0 Å². The highest BCUT2D eigenvalue weighted by Gasteiger charge is 2.37. The van der Waals surface area contributed by atoms with Crippen molar-refractivity contribution in [2.75, 3.05) is 7.11 Å². The average molecular weight is 358 g/mol. The third-order valence-corrected chi connectivity index (χ3v) is 8.84. The first kappa shape index (κ1) is 20.0. The Labute approximate surface area is 132 Å². The fourth-order valence-corrected chi connectivity index (χ4v) is 5.26. The molecular formula is C15H20F6OSi. The van der Waals surface area contributed by atoms with Crippen molar-refractivity contribution in [1.82, 2.24) is 0 Å². The lowest BCUT2D eigenvalue weighted by atomic mass is 10.0. The molecule has 0 saturated heterocycles. The number of benzene rings is 1. The Hall–Kier alpha value is -1.02. The van der Waals surface area contributed by atoms with Gasteiger partial charge < -0.3 is 4.43 Å². The van der Waals surface area contributed by atoms with Gasteiger partial charge in [0.25, 0.3) is 0 Å². The van der Waals surface area contributed by atoms with Crippen molar-refractivity contribution in [2.24, 2.45) is 0 Å². The molecule has 0 radical (unpaired) electrons. The third kappa shape index (κ3) is 5.24. The van der Waals surface area contributed by atoms with Crippen LogP contribution < -0.4 is 0 Å². The van der Waals surface area contributed by atoms with Crippen molar-refractivity contribution >= 4 is 8.32 Å². The summed E-state index contributed by atoms with van der Waals surface area (Å²) in [5, 5.41) is 0. The van der Waals surface area contributed by atoms with E-state index in [0.717, 1.165) is 24.2 Å². The zero-order valence-corrected chi connectivity index (χ0v) is 14.2. The van der Waals surface area contributed by atoms with E-state index in [4.69, 9.17) is 4.43 Å². The fourth-order valence-electron chi connectivity index (χ4n) is 2.53. The molecule has 0 fully saturated rings. The van der Waals surface area contributed by atoms with Crippen LogP contribution in [0, 0.1) is 0 Å². The van der Waals surface area contributed by atoms with E-state index in [2.05, 4.69) is 0 Å². The second-order valence-electron chi connectivity index (χ2n) is 5.51. The highest BCUT2D eigenvalue weighted by atomic mass is 28.4. The maximum Gasteiger partial charge on any atom is 0.416 e. The minimum absolute atomic E-state index is 0.0444. The first-order valence-electron chi connectivity index (χ1n) is 7.31. The van der Waals surface area contributed by atoms with Crippen LogP contribution in [0.2, 0.25) is 18.1 Å². The Morgan fingerprint density at radius 2 is 1.30 bits per heavy atom. The van der Waals surface area contributed by atoms with Crippen LogP contribution in [0.3, 0.4) is 0 Å². The van der Waals surface area contributed by atoms with Crippen molar-refractivity contribution in [2.45, 2.75) is 50.8 Å². The van der Waals surface area contributed by atoms with Crippen LogP contribution in [0.5, 0.6) is 0 Å². The molecule has 0 N–H and O–H groups in total. The molecule has 0 saturated carbocycles. The summed E-state index contributed by atoms with van der Waals surface area (Å²) in [7, 11) is -0.527. The van der Waals surface area contributed by atoms with Crippen molar-refractivity contribution in [1.29, 1.82) is 0 Å². The molecule has 8 heteroatoms. The van der Waals surface area contributed by atoms with E-state index in [-0.39, 0.29) is 18.1 Å². The summed E-state index contributed by atoms with van der Waals surface area (Å²) in [4.78, 5) is 0. The van der Waals surface area contributed by atoms with Crippen LogP contribution in [0.1, 0.15) is 30.5 Å². The molecule has 0 aliphatic heterocycles. The Kier molecular flexibility index (Phi) is 6.31. The van der Waals surface area contributed by atoms with Crippen molar-refractivity contribution < 1.29 is 30.8 Å². The molecule has 132 valence electrons. The second kappa shape index (κ2) is 7.25. The van der Waals surface area contributed by atoms with Gasteiger partial charge in [0.1, 0.15) is 0 Å². The lowest BCUT2D eigenvalue weighted by Crippen LogP contribution is -2.35. The van der Waals surface area contributed by atoms with E-state index in [1.54, 1.807) is 7.11 Å². The normalized spacial score (nSPS) is 13.4. The maximum atomic E-state index is 12.8. The summed E-state index contributed by atoms with van der Waals surface area (Å²) in [6, 6.07) is 3.79.